The van der Waals surface area contributed by atoms with Crippen molar-refractivity contribution >= 4 is 32.5 Å². The Balaban J connectivity index is 1.63. The average Bonchev–Trinajstić information content (AvgIpc) is 2.81. The highest BCUT2D eigenvalue weighted by molar-refractivity contribution is 7.92. The smallest absolute Gasteiger partial charge is 0.261 e. The van der Waals surface area contributed by atoms with E-state index in [9.17, 15) is 13.2 Å². The van der Waals surface area contributed by atoms with E-state index in [-0.39, 0.29) is 10.7 Å². The number of aryl methyl sites for hydroxylation is 2. The van der Waals surface area contributed by atoms with Gasteiger partial charge < -0.3 is 4.57 Å². The zero-order valence-corrected chi connectivity index (χ0v) is 15.9. The molecule has 4 rings (SSSR count). The van der Waals surface area contributed by atoms with Crippen LogP contribution in [0.15, 0.2) is 47.4 Å². The van der Waals surface area contributed by atoms with Gasteiger partial charge in [0.2, 0.25) is 0 Å². The number of Topliss-reactive ketones (excluding diaryl/α,β-unsaturated/α-hetero) is 1. The third kappa shape index (κ3) is 3.47. The largest absolute Gasteiger partial charge is 0.328 e. The van der Waals surface area contributed by atoms with Crippen molar-refractivity contribution in [3.63, 3.8) is 0 Å². The van der Waals surface area contributed by atoms with Crippen LogP contribution in [-0.2, 0) is 23.0 Å². The van der Waals surface area contributed by atoms with Crippen molar-refractivity contribution in [1.82, 2.24) is 9.55 Å². The molecule has 7 heteroatoms. The van der Waals surface area contributed by atoms with Crippen molar-refractivity contribution < 1.29 is 13.2 Å². The minimum atomic E-state index is -3.73. The van der Waals surface area contributed by atoms with Gasteiger partial charge in [-0.1, -0.05) is 18.6 Å². The highest BCUT2D eigenvalue weighted by Crippen LogP contribution is 2.25. The van der Waals surface area contributed by atoms with Gasteiger partial charge in [0.05, 0.1) is 21.6 Å². The molecular weight excluding hydrogens is 362 g/mol. The van der Waals surface area contributed by atoms with E-state index >= 15 is 0 Å². The number of hydrogen-bond donors (Lipinski definition) is 1. The molecule has 0 unspecified atom stereocenters. The van der Waals surface area contributed by atoms with Gasteiger partial charge in [-0.05, 0) is 50.1 Å². The van der Waals surface area contributed by atoms with Crippen LogP contribution in [0.3, 0.4) is 0 Å². The Kier molecular flexibility index (Phi) is 4.47. The molecule has 2 aromatic carbocycles. The van der Waals surface area contributed by atoms with Crippen LogP contribution in [0.5, 0.6) is 0 Å². The number of imidazole rings is 1. The molecule has 0 radical (unpaired) electrons. The molecule has 0 saturated heterocycles. The second-order valence-electron chi connectivity index (χ2n) is 6.88. The second-order valence-corrected chi connectivity index (χ2v) is 8.56. The molecule has 6 nitrogen and oxygen atoms in total. The van der Waals surface area contributed by atoms with E-state index in [0.717, 1.165) is 42.7 Å². The van der Waals surface area contributed by atoms with E-state index < -0.39 is 10.0 Å². The number of fused-ring (bicyclic) bond motifs is 3. The first kappa shape index (κ1) is 17.7. The normalized spacial score (nSPS) is 14.6. The molecule has 0 spiro atoms. The Hall–Kier alpha value is -2.67. The molecule has 140 valence electrons. The summed E-state index contributed by atoms with van der Waals surface area (Å²) in [6.07, 6.45) is 4.45. The van der Waals surface area contributed by atoms with E-state index in [1.165, 1.54) is 37.6 Å². The fraction of sp³-hybridized carbons (Fsp3) is 0.300. The van der Waals surface area contributed by atoms with Crippen LogP contribution < -0.4 is 4.72 Å². The summed E-state index contributed by atoms with van der Waals surface area (Å²) in [6.45, 7) is 2.41. The Labute approximate surface area is 158 Å². The van der Waals surface area contributed by atoms with E-state index in [2.05, 4.69) is 9.29 Å². The number of nitrogens with zero attached hydrogens (tertiary/aromatic N) is 2. The van der Waals surface area contributed by atoms with Gasteiger partial charge in [-0.25, -0.2) is 13.4 Å². The molecule has 27 heavy (non-hydrogen) atoms. The van der Waals surface area contributed by atoms with Gasteiger partial charge in [-0.15, -0.1) is 0 Å². The van der Waals surface area contributed by atoms with Gasteiger partial charge in [-0.2, -0.15) is 0 Å². The van der Waals surface area contributed by atoms with Crippen molar-refractivity contribution in [2.75, 3.05) is 4.72 Å². The summed E-state index contributed by atoms with van der Waals surface area (Å²) in [5.41, 5.74) is 2.81. The molecule has 1 N–H and O–H groups in total. The number of hydrogen-bond acceptors (Lipinski definition) is 4. The van der Waals surface area contributed by atoms with Crippen LogP contribution in [0, 0.1) is 0 Å². The highest BCUT2D eigenvalue weighted by Gasteiger charge is 2.17. The summed E-state index contributed by atoms with van der Waals surface area (Å²) >= 11 is 0. The maximum atomic E-state index is 12.6. The molecule has 2 heterocycles. The summed E-state index contributed by atoms with van der Waals surface area (Å²) < 4.78 is 30.1. The summed E-state index contributed by atoms with van der Waals surface area (Å²) in [5.74, 6) is 0.972. The van der Waals surface area contributed by atoms with E-state index in [1.54, 1.807) is 12.1 Å². The zero-order chi connectivity index (χ0) is 19.0. The average molecular weight is 383 g/mol. The van der Waals surface area contributed by atoms with E-state index in [0.29, 0.717) is 11.3 Å². The first-order valence-corrected chi connectivity index (χ1v) is 10.6. The molecule has 0 atom stereocenters. The molecule has 0 bridgehead atoms. The number of ketones is 1. The summed E-state index contributed by atoms with van der Waals surface area (Å²) in [5, 5.41) is 0. The number of rotatable bonds is 4. The summed E-state index contributed by atoms with van der Waals surface area (Å²) in [6, 6.07) is 11.4. The number of sulfonamides is 1. The predicted molar refractivity (Wildman–Crippen MR) is 105 cm³/mol. The number of carbonyl (C=O) groups is 1. The number of aromatic nitrogens is 2. The molecule has 0 fully saturated rings. The third-order valence-corrected chi connectivity index (χ3v) is 6.33. The molecule has 0 saturated carbocycles. The second kappa shape index (κ2) is 6.81. The maximum Gasteiger partial charge on any atom is 0.261 e. The monoisotopic (exact) mass is 383 g/mol. The van der Waals surface area contributed by atoms with Gasteiger partial charge in [0, 0.05) is 18.5 Å². The lowest BCUT2D eigenvalue weighted by Gasteiger charge is -2.09. The minimum absolute atomic E-state index is 0.100. The van der Waals surface area contributed by atoms with Gasteiger partial charge in [-0.3, -0.25) is 9.52 Å². The lowest BCUT2D eigenvalue weighted by atomic mass is 10.2. The molecule has 1 aliphatic heterocycles. The topological polar surface area (TPSA) is 81.1 Å². The van der Waals surface area contributed by atoms with Crippen LogP contribution >= 0.6 is 0 Å². The van der Waals surface area contributed by atoms with Crippen LogP contribution in [-0.4, -0.2) is 23.8 Å². The minimum Gasteiger partial charge on any atom is -0.328 e. The van der Waals surface area contributed by atoms with Crippen molar-refractivity contribution in [1.29, 1.82) is 0 Å². The SMILES string of the molecule is CC(=O)c1ccc(S(=O)(=O)Nc2ccc3c(c2)nc2n3CCCCC2)cc1. The number of carbonyl (C=O) groups excluding carboxylic acids is 1. The lowest BCUT2D eigenvalue weighted by Crippen LogP contribution is -2.13. The fourth-order valence-electron chi connectivity index (χ4n) is 3.50. The van der Waals surface area contributed by atoms with Gasteiger partial charge >= 0.3 is 0 Å². The molecule has 3 aromatic rings. The van der Waals surface area contributed by atoms with Crippen molar-refractivity contribution in [3.05, 3.63) is 53.9 Å². The Morgan fingerprint density at radius 1 is 1.07 bits per heavy atom. The van der Waals surface area contributed by atoms with Gasteiger partial charge in [0.25, 0.3) is 10.0 Å². The van der Waals surface area contributed by atoms with Gasteiger partial charge in [0.15, 0.2) is 5.78 Å². The van der Waals surface area contributed by atoms with Gasteiger partial charge in [0.1, 0.15) is 5.82 Å². The Morgan fingerprint density at radius 3 is 2.59 bits per heavy atom. The molecule has 0 aliphatic carbocycles. The zero-order valence-electron chi connectivity index (χ0n) is 15.1. The lowest BCUT2D eigenvalue weighted by molar-refractivity contribution is 0.101. The van der Waals surface area contributed by atoms with E-state index in [4.69, 9.17) is 4.98 Å². The van der Waals surface area contributed by atoms with Crippen LogP contribution in [0.4, 0.5) is 5.69 Å². The number of benzene rings is 2. The Morgan fingerprint density at radius 2 is 1.85 bits per heavy atom. The molecule has 1 aliphatic rings. The van der Waals surface area contributed by atoms with Crippen molar-refractivity contribution in [2.24, 2.45) is 0 Å². The third-order valence-electron chi connectivity index (χ3n) is 4.93. The number of anilines is 1. The molecule has 1 aromatic heterocycles. The van der Waals surface area contributed by atoms with Crippen molar-refractivity contribution in [3.8, 4) is 0 Å². The molecule has 0 amide bonds. The van der Waals surface area contributed by atoms with Crippen LogP contribution in [0.25, 0.3) is 11.0 Å². The maximum absolute atomic E-state index is 12.6. The van der Waals surface area contributed by atoms with E-state index in [1.807, 2.05) is 6.07 Å². The molecular formula is C20H21N3O3S. The summed E-state index contributed by atoms with van der Waals surface area (Å²) in [7, 11) is -3.73. The quantitative estimate of drug-likeness (QED) is 0.696. The Bertz CT molecular complexity index is 1120. The predicted octanol–water partition coefficient (Wildman–Crippen LogP) is 3.77. The van der Waals surface area contributed by atoms with Crippen LogP contribution in [0.1, 0.15) is 42.4 Å². The highest BCUT2D eigenvalue weighted by atomic mass is 32.2. The number of nitrogens with one attached hydrogen (secondary N) is 1. The van der Waals surface area contributed by atoms with Crippen molar-refractivity contribution in [2.45, 2.75) is 44.0 Å². The standard InChI is InChI=1S/C20H21N3O3S/c1-14(24)15-6-9-17(10-7-15)27(25,26)22-16-8-11-19-18(13-16)21-20-5-3-2-4-12-23(19)20/h6-11,13,22H,2-5,12H2,1H3. The first-order valence-electron chi connectivity index (χ1n) is 9.07. The fourth-order valence-corrected chi connectivity index (χ4v) is 4.55. The van der Waals surface area contributed by atoms with Crippen LogP contribution in [0.2, 0.25) is 0 Å². The summed E-state index contributed by atoms with van der Waals surface area (Å²) in [4.78, 5) is 16.2. The first-order chi connectivity index (χ1) is 12.9.